The molecule has 1 unspecified atom stereocenters. The van der Waals surface area contributed by atoms with Gasteiger partial charge in [-0.1, -0.05) is 18.2 Å². The molecule has 1 fully saturated rings. The Labute approximate surface area is 122 Å². The molecule has 1 saturated heterocycles. The number of para-hydroxylation sites is 1. The fourth-order valence-electron chi connectivity index (χ4n) is 3.34. The van der Waals surface area contributed by atoms with E-state index < -0.39 is 0 Å². The van der Waals surface area contributed by atoms with Gasteiger partial charge in [-0.05, 0) is 63.5 Å². The molecule has 0 saturated carbocycles. The third-order valence-electron chi connectivity index (χ3n) is 4.50. The predicted octanol–water partition coefficient (Wildman–Crippen LogP) is 2.63. The second-order valence-electron chi connectivity index (χ2n) is 5.98. The van der Waals surface area contributed by atoms with E-state index in [1.807, 2.05) is 0 Å². The zero-order chi connectivity index (χ0) is 13.6. The Balaban J connectivity index is 1.38. The summed E-state index contributed by atoms with van der Waals surface area (Å²) in [5.41, 5.74) is 1.38. The van der Waals surface area contributed by atoms with Crippen LogP contribution in [-0.2, 0) is 0 Å². The number of hydrogen-bond acceptors (Lipinski definition) is 3. The van der Waals surface area contributed by atoms with Crippen LogP contribution in [0.15, 0.2) is 24.3 Å². The molecule has 0 spiro atoms. The lowest BCUT2D eigenvalue weighted by Crippen LogP contribution is -2.29. The molecule has 20 heavy (non-hydrogen) atoms. The minimum Gasteiger partial charge on any atom is -0.493 e. The van der Waals surface area contributed by atoms with Crippen molar-refractivity contribution in [2.75, 3.05) is 39.3 Å². The van der Waals surface area contributed by atoms with Crippen molar-refractivity contribution < 1.29 is 4.74 Å². The zero-order valence-electron chi connectivity index (χ0n) is 12.3. The molecule has 0 aliphatic carbocycles. The molecule has 0 amide bonds. The molecule has 0 radical (unpaired) electrons. The summed E-state index contributed by atoms with van der Waals surface area (Å²) in [6.45, 7) is 6.96. The van der Waals surface area contributed by atoms with Gasteiger partial charge in [0.1, 0.15) is 5.75 Å². The van der Waals surface area contributed by atoms with Gasteiger partial charge in [0.15, 0.2) is 0 Å². The SMILES string of the molecule is c1ccc2c(c1)OCCC2CNCCCN1CCCC1. The molecule has 2 aliphatic rings. The van der Waals surface area contributed by atoms with Crippen LogP contribution in [-0.4, -0.2) is 44.2 Å². The minimum absolute atomic E-state index is 0.617. The van der Waals surface area contributed by atoms with Gasteiger partial charge in [0, 0.05) is 12.5 Å². The van der Waals surface area contributed by atoms with Crippen LogP contribution >= 0.6 is 0 Å². The average molecular weight is 274 g/mol. The lowest BCUT2D eigenvalue weighted by molar-refractivity contribution is 0.263. The molecular weight excluding hydrogens is 248 g/mol. The van der Waals surface area contributed by atoms with Gasteiger partial charge in [-0.3, -0.25) is 0 Å². The van der Waals surface area contributed by atoms with Gasteiger partial charge >= 0.3 is 0 Å². The summed E-state index contributed by atoms with van der Waals surface area (Å²) < 4.78 is 5.71. The van der Waals surface area contributed by atoms with Crippen LogP contribution < -0.4 is 10.1 Å². The number of fused-ring (bicyclic) bond motifs is 1. The van der Waals surface area contributed by atoms with E-state index in [4.69, 9.17) is 4.74 Å². The first-order valence-corrected chi connectivity index (χ1v) is 8.08. The first kappa shape index (κ1) is 13.9. The summed E-state index contributed by atoms with van der Waals surface area (Å²) >= 11 is 0. The Morgan fingerprint density at radius 1 is 1.20 bits per heavy atom. The summed E-state index contributed by atoms with van der Waals surface area (Å²) in [5.74, 6) is 1.70. The largest absolute Gasteiger partial charge is 0.493 e. The fraction of sp³-hybridized carbons (Fsp3) is 0.647. The van der Waals surface area contributed by atoms with Gasteiger partial charge in [-0.25, -0.2) is 0 Å². The van der Waals surface area contributed by atoms with Crippen molar-refractivity contribution in [1.29, 1.82) is 0 Å². The number of likely N-dealkylation sites (tertiary alicyclic amines) is 1. The van der Waals surface area contributed by atoms with E-state index in [-0.39, 0.29) is 0 Å². The molecule has 2 heterocycles. The number of nitrogens with zero attached hydrogens (tertiary/aromatic N) is 1. The summed E-state index contributed by atoms with van der Waals surface area (Å²) in [5, 5.41) is 3.64. The van der Waals surface area contributed by atoms with Gasteiger partial charge in [-0.2, -0.15) is 0 Å². The van der Waals surface area contributed by atoms with E-state index in [2.05, 4.69) is 34.5 Å². The molecule has 110 valence electrons. The van der Waals surface area contributed by atoms with Crippen molar-refractivity contribution >= 4 is 0 Å². The molecule has 1 atom stereocenters. The van der Waals surface area contributed by atoms with Crippen molar-refractivity contribution in [3.8, 4) is 5.75 Å². The molecular formula is C17H26N2O. The summed E-state index contributed by atoms with van der Waals surface area (Å²) in [4.78, 5) is 2.59. The van der Waals surface area contributed by atoms with Crippen LogP contribution in [0.3, 0.4) is 0 Å². The maximum atomic E-state index is 5.71. The summed E-state index contributed by atoms with van der Waals surface area (Å²) in [6, 6.07) is 8.48. The van der Waals surface area contributed by atoms with Gasteiger partial charge in [0.2, 0.25) is 0 Å². The highest BCUT2D eigenvalue weighted by Crippen LogP contribution is 2.32. The van der Waals surface area contributed by atoms with Gasteiger partial charge in [0.25, 0.3) is 0 Å². The fourth-order valence-corrected chi connectivity index (χ4v) is 3.34. The highest BCUT2D eigenvalue weighted by molar-refractivity contribution is 5.37. The van der Waals surface area contributed by atoms with Crippen LogP contribution in [0.25, 0.3) is 0 Å². The second kappa shape index (κ2) is 7.09. The smallest absolute Gasteiger partial charge is 0.122 e. The van der Waals surface area contributed by atoms with Gasteiger partial charge in [-0.15, -0.1) is 0 Å². The first-order chi connectivity index (χ1) is 9.93. The molecule has 3 nitrogen and oxygen atoms in total. The van der Waals surface area contributed by atoms with E-state index in [1.165, 1.54) is 44.5 Å². The summed E-state index contributed by atoms with van der Waals surface area (Å²) in [7, 11) is 0. The zero-order valence-corrected chi connectivity index (χ0v) is 12.3. The Hall–Kier alpha value is -1.06. The molecule has 0 bridgehead atoms. The third kappa shape index (κ3) is 3.53. The molecule has 3 heteroatoms. The normalized spacial score (nSPS) is 22.5. The topological polar surface area (TPSA) is 24.5 Å². The predicted molar refractivity (Wildman–Crippen MR) is 82.5 cm³/mol. The monoisotopic (exact) mass is 274 g/mol. The van der Waals surface area contributed by atoms with Crippen molar-refractivity contribution in [3.05, 3.63) is 29.8 Å². The van der Waals surface area contributed by atoms with Crippen molar-refractivity contribution in [3.63, 3.8) is 0 Å². The molecule has 1 N–H and O–H groups in total. The Kier molecular flexibility index (Phi) is 4.93. The van der Waals surface area contributed by atoms with Crippen LogP contribution in [0.2, 0.25) is 0 Å². The van der Waals surface area contributed by atoms with Gasteiger partial charge < -0.3 is 15.0 Å². The standard InChI is InChI=1S/C17H26N2O/c1-2-7-17-16(6-1)15(8-13-20-17)14-18-9-5-12-19-10-3-4-11-19/h1-2,6-7,15,18H,3-5,8-14H2. The Morgan fingerprint density at radius 3 is 2.95 bits per heavy atom. The number of nitrogens with one attached hydrogen (secondary N) is 1. The average Bonchev–Trinajstić information content (AvgIpc) is 3.00. The molecule has 1 aromatic rings. The van der Waals surface area contributed by atoms with Crippen LogP contribution in [0.4, 0.5) is 0 Å². The second-order valence-corrected chi connectivity index (χ2v) is 5.98. The molecule has 1 aromatic carbocycles. The number of hydrogen-bond donors (Lipinski definition) is 1. The van der Waals surface area contributed by atoms with E-state index in [0.29, 0.717) is 5.92 Å². The van der Waals surface area contributed by atoms with Gasteiger partial charge in [0.05, 0.1) is 6.61 Å². The van der Waals surface area contributed by atoms with Crippen molar-refractivity contribution in [2.45, 2.75) is 31.6 Å². The lowest BCUT2D eigenvalue weighted by Gasteiger charge is -2.26. The highest BCUT2D eigenvalue weighted by Gasteiger charge is 2.20. The number of ether oxygens (including phenoxy) is 1. The Bertz CT molecular complexity index is 415. The van der Waals surface area contributed by atoms with Crippen LogP contribution in [0, 0.1) is 0 Å². The third-order valence-corrected chi connectivity index (χ3v) is 4.50. The molecule has 2 aliphatic heterocycles. The summed E-state index contributed by atoms with van der Waals surface area (Å²) in [6.07, 6.45) is 5.19. The Morgan fingerprint density at radius 2 is 2.05 bits per heavy atom. The maximum absolute atomic E-state index is 5.71. The van der Waals surface area contributed by atoms with E-state index >= 15 is 0 Å². The van der Waals surface area contributed by atoms with Crippen molar-refractivity contribution in [2.24, 2.45) is 0 Å². The van der Waals surface area contributed by atoms with E-state index in [9.17, 15) is 0 Å². The van der Waals surface area contributed by atoms with Crippen molar-refractivity contribution in [1.82, 2.24) is 10.2 Å². The first-order valence-electron chi connectivity index (χ1n) is 8.08. The number of rotatable bonds is 6. The maximum Gasteiger partial charge on any atom is 0.122 e. The lowest BCUT2D eigenvalue weighted by atomic mass is 9.93. The quantitative estimate of drug-likeness (QED) is 0.807. The highest BCUT2D eigenvalue weighted by atomic mass is 16.5. The minimum atomic E-state index is 0.617. The molecule has 3 rings (SSSR count). The number of benzene rings is 1. The van der Waals surface area contributed by atoms with Crippen LogP contribution in [0.1, 0.15) is 37.2 Å². The molecule has 0 aromatic heterocycles. The van der Waals surface area contributed by atoms with E-state index in [1.54, 1.807) is 0 Å². The van der Waals surface area contributed by atoms with E-state index in [0.717, 1.165) is 31.9 Å². The van der Waals surface area contributed by atoms with Crippen LogP contribution in [0.5, 0.6) is 5.75 Å².